The topological polar surface area (TPSA) is 74.1 Å². The van der Waals surface area contributed by atoms with Gasteiger partial charge in [0.25, 0.3) is 0 Å². The van der Waals surface area contributed by atoms with Crippen molar-refractivity contribution in [2.45, 2.75) is 20.4 Å². The van der Waals surface area contributed by atoms with E-state index < -0.39 is 15.8 Å². The molecule has 0 saturated carbocycles. The largest absolute Gasteiger partial charge is 0.257 e. The van der Waals surface area contributed by atoms with E-state index in [1.54, 1.807) is 19.1 Å². The maximum atomic E-state index is 11.7. The maximum absolute atomic E-state index is 11.7. The van der Waals surface area contributed by atoms with Crippen LogP contribution < -0.4 is 0 Å². The average Bonchev–Trinajstić information content (AvgIpc) is 2.25. The van der Waals surface area contributed by atoms with E-state index in [1.807, 2.05) is 19.1 Å². The van der Waals surface area contributed by atoms with E-state index in [4.69, 9.17) is 5.26 Å². The molecule has 0 spiro atoms. The highest BCUT2D eigenvalue weighted by Crippen LogP contribution is 2.08. The van der Waals surface area contributed by atoms with Crippen LogP contribution in [0.15, 0.2) is 18.2 Å². The van der Waals surface area contributed by atoms with Gasteiger partial charge in [-0.3, -0.25) is 4.98 Å². The molecule has 0 N–H and O–H groups in total. The molecule has 5 nitrogen and oxygen atoms in total. The fraction of sp³-hybridized carbons (Fsp3) is 0.455. The predicted octanol–water partition coefficient (Wildman–Crippen LogP) is 1.07. The lowest BCUT2D eigenvalue weighted by Crippen LogP contribution is -2.32. The highest BCUT2D eigenvalue weighted by molar-refractivity contribution is 7.89. The van der Waals surface area contributed by atoms with Gasteiger partial charge in [0.1, 0.15) is 0 Å². The summed E-state index contributed by atoms with van der Waals surface area (Å²) >= 11 is 0. The molecule has 1 aromatic heterocycles. The Bertz CT molecular complexity index is 520. The molecule has 0 atom stereocenters. The fourth-order valence-electron chi connectivity index (χ4n) is 1.45. The van der Waals surface area contributed by atoms with Crippen LogP contribution in [0.25, 0.3) is 0 Å². The number of nitrogens with zero attached hydrogens (tertiary/aromatic N) is 3. The van der Waals surface area contributed by atoms with Crippen LogP contribution in [-0.4, -0.2) is 30.0 Å². The number of sulfonamides is 1. The third-order valence-electron chi connectivity index (χ3n) is 2.28. The van der Waals surface area contributed by atoms with Crippen molar-refractivity contribution in [3.63, 3.8) is 0 Å². The van der Waals surface area contributed by atoms with Crippen LogP contribution in [0.5, 0.6) is 0 Å². The number of hydrogen-bond acceptors (Lipinski definition) is 4. The molecule has 1 rings (SSSR count). The molecule has 0 bridgehead atoms. The van der Waals surface area contributed by atoms with E-state index in [-0.39, 0.29) is 6.54 Å². The van der Waals surface area contributed by atoms with Crippen LogP contribution >= 0.6 is 0 Å². The Hall–Kier alpha value is -1.45. The molecule has 0 fully saturated rings. The van der Waals surface area contributed by atoms with Gasteiger partial charge in [-0.25, -0.2) is 8.42 Å². The second-order valence-corrected chi connectivity index (χ2v) is 5.58. The average molecular weight is 253 g/mol. The summed E-state index contributed by atoms with van der Waals surface area (Å²) in [6.07, 6.45) is 0. The molecule has 6 heteroatoms. The Labute approximate surface area is 102 Å². The Morgan fingerprint density at radius 1 is 1.47 bits per heavy atom. The second-order valence-electron chi connectivity index (χ2n) is 3.61. The van der Waals surface area contributed by atoms with E-state index in [2.05, 4.69) is 4.98 Å². The van der Waals surface area contributed by atoms with Crippen molar-refractivity contribution in [2.75, 3.05) is 12.3 Å². The van der Waals surface area contributed by atoms with Crippen LogP contribution in [0.4, 0.5) is 0 Å². The number of aryl methyl sites for hydroxylation is 1. The molecule has 1 heterocycles. The number of pyridine rings is 1. The lowest BCUT2D eigenvalue weighted by molar-refractivity contribution is 0.421. The van der Waals surface area contributed by atoms with Gasteiger partial charge in [-0.2, -0.15) is 9.57 Å². The highest BCUT2D eigenvalue weighted by atomic mass is 32.2. The lowest BCUT2D eigenvalue weighted by atomic mass is 10.3. The molecule has 92 valence electrons. The molecule has 0 aliphatic carbocycles. The summed E-state index contributed by atoms with van der Waals surface area (Å²) in [5, 5.41) is 8.49. The number of rotatable bonds is 5. The van der Waals surface area contributed by atoms with Crippen molar-refractivity contribution >= 4 is 10.0 Å². The molecular formula is C11H15N3O2S. The normalized spacial score (nSPS) is 11.4. The van der Waals surface area contributed by atoms with Gasteiger partial charge in [0.05, 0.1) is 18.3 Å². The number of nitriles is 1. The van der Waals surface area contributed by atoms with Crippen LogP contribution in [-0.2, 0) is 16.6 Å². The van der Waals surface area contributed by atoms with Gasteiger partial charge in [-0.05, 0) is 19.1 Å². The monoisotopic (exact) mass is 253 g/mol. The Kier molecular flexibility index (Phi) is 4.61. The fourth-order valence-corrected chi connectivity index (χ4v) is 2.52. The SMILES string of the molecule is CCN(Cc1cccc(C)n1)S(=O)(=O)CC#N. The van der Waals surface area contributed by atoms with Crippen LogP contribution in [0.3, 0.4) is 0 Å². The zero-order valence-electron chi connectivity index (χ0n) is 9.92. The molecule has 17 heavy (non-hydrogen) atoms. The molecule has 0 saturated heterocycles. The minimum Gasteiger partial charge on any atom is -0.257 e. The van der Waals surface area contributed by atoms with Crippen LogP contribution in [0, 0.1) is 18.3 Å². The summed E-state index contributed by atoms with van der Waals surface area (Å²) in [6.45, 7) is 4.14. The van der Waals surface area contributed by atoms with Crippen LogP contribution in [0.1, 0.15) is 18.3 Å². The van der Waals surface area contributed by atoms with Crippen molar-refractivity contribution in [1.29, 1.82) is 5.26 Å². The van der Waals surface area contributed by atoms with E-state index in [1.165, 1.54) is 4.31 Å². The van der Waals surface area contributed by atoms with Crippen molar-refractivity contribution in [3.05, 3.63) is 29.6 Å². The van der Waals surface area contributed by atoms with Crippen molar-refractivity contribution in [2.24, 2.45) is 0 Å². The summed E-state index contributed by atoms with van der Waals surface area (Å²) < 4.78 is 24.7. The third-order valence-corrected chi connectivity index (χ3v) is 3.95. The molecule has 0 aliphatic rings. The summed E-state index contributed by atoms with van der Waals surface area (Å²) in [5.74, 6) is -0.493. The highest BCUT2D eigenvalue weighted by Gasteiger charge is 2.20. The van der Waals surface area contributed by atoms with Gasteiger partial charge in [-0.1, -0.05) is 13.0 Å². The van der Waals surface area contributed by atoms with Crippen molar-refractivity contribution < 1.29 is 8.42 Å². The van der Waals surface area contributed by atoms with E-state index >= 15 is 0 Å². The van der Waals surface area contributed by atoms with E-state index in [0.29, 0.717) is 12.2 Å². The Morgan fingerprint density at radius 3 is 2.71 bits per heavy atom. The predicted molar refractivity (Wildman–Crippen MR) is 64.5 cm³/mol. The zero-order valence-corrected chi connectivity index (χ0v) is 10.7. The third kappa shape index (κ3) is 3.80. The molecule has 0 unspecified atom stereocenters. The van der Waals surface area contributed by atoms with Crippen LogP contribution in [0.2, 0.25) is 0 Å². The first-order chi connectivity index (χ1) is 7.99. The first-order valence-electron chi connectivity index (χ1n) is 5.27. The van der Waals surface area contributed by atoms with Gasteiger partial charge in [-0.15, -0.1) is 0 Å². The van der Waals surface area contributed by atoms with Gasteiger partial charge in [0.15, 0.2) is 5.75 Å². The van der Waals surface area contributed by atoms with Crippen molar-refractivity contribution in [3.8, 4) is 6.07 Å². The van der Waals surface area contributed by atoms with Gasteiger partial charge < -0.3 is 0 Å². The van der Waals surface area contributed by atoms with E-state index in [0.717, 1.165) is 5.69 Å². The maximum Gasteiger partial charge on any atom is 0.227 e. The summed E-state index contributed by atoms with van der Waals surface area (Å²) in [5.41, 5.74) is 1.53. The molecule has 0 aliphatic heterocycles. The minimum absolute atomic E-state index is 0.211. The van der Waals surface area contributed by atoms with Gasteiger partial charge in [0.2, 0.25) is 10.0 Å². The first-order valence-corrected chi connectivity index (χ1v) is 6.88. The summed E-state index contributed by atoms with van der Waals surface area (Å²) in [7, 11) is -3.50. The summed E-state index contributed by atoms with van der Waals surface area (Å²) in [6, 6.07) is 7.13. The Morgan fingerprint density at radius 2 is 2.18 bits per heavy atom. The zero-order chi connectivity index (χ0) is 12.9. The smallest absolute Gasteiger partial charge is 0.227 e. The standard InChI is InChI=1S/C11H15N3O2S/c1-3-14(17(15,16)8-7-12)9-11-6-4-5-10(2)13-11/h4-6H,3,8-9H2,1-2H3. The lowest BCUT2D eigenvalue weighted by Gasteiger charge is -2.18. The molecule has 0 radical (unpaired) electrons. The number of aromatic nitrogens is 1. The van der Waals surface area contributed by atoms with Crippen molar-refractivity contribution in [1.82, 2.24) is 9.29 Å². The minimum atomic E-state index is -3.50. The molecule has 1 aromatic rings. The second kappa shape index (κ2) is 5.75. The molecule has 0 amide bonds. The molecular weight excluding hydrogens is 238 g/mol. The van der Waals surface area contributed by atoms with E-state index in [9.17, 15) is 8.42 Å². The summed E-state index contributed by atoms with van der Waals surface area (Å²) in [4.78, 5) is 4.25. The number of hydrogen-bond donors (Lipinski definition) is 0. The van der Waals surface area contributed by atoms with Gasteiger partial charge >= 0.3 is 0 Å². The molecule has 0 aromatic carbocycles. The van der Waals surface area contributed by atoms with Gasteiger partial charge in [0, 0.05) is 12.2 Å². The quantitative estimate of drug-likeness (QED) is 0.786. The Balaban J connectivity index is 2.88. The first kappa shape index (κ1) is 13.6.